The second-order valence-corrected chi connectivity index (χ2v) is 12.9. The highest BCUT2D eigenvalue weighted by molar-refractivity contribution is 5.25. The van der Waals surface area contributed by atoms with Gasteiger partial charge >= 0.3 is 0 Å². The minimum atomic E-state index is -0.824. The number of ether oxygens (including phenoxy) is 1. The fraction of sp³-hybridized carbons (Fsp3) is 0.867. The zero-order chi connectivity index (χ0) is 23.1. The Bertz CT molecular complexity index is 695. The predicted molar refractivity (Wildman–Crippen MR) is 134 cm³/mol. The molecule has 0 radical (unpaired) electrons. The van der Waals surface area contributed by atoms with Gasteiger partial charge in [0.2, 0.25) is 0 Å². The minimum absolute atomic E-state index is 0.148. The van der Waals surface area contributed by atoms with Crippen molar-refractivity contribution < 1.29 is 9.84 Å². The van der Waals surface area contributed by atoms with E-state index in [1.807, 2.05) is 0 Å². The zero-order valence-electron chi connectivity index (χ0n) is 21.6. The van der Waals surface area contributed by atoms with E-state index in [2.05, 4.69) is 47.3 Å². The summed E-state index contributed by atoms with van der Waals surface area (Å²) in [6, 6.07) is 0. The van der Waals surface area contributed by atoms with Crippen LogP contribution in [0.4, 0.5) is 0 Å². The summed E-state index contributed by atoms with van der Waals surface area (Å²) in [6.07, 6.45) is 18.0. The van der Waals surface area contributed by atoms with Gasteiger partial charge in [0.25, 0.3) is 0 Å². The van der Waals surface area contributed by atoms with E-state index in [0.29, 0.717) is 10.8 Å². The molecule has 0 bridgehead atoms. The molecule has 0 aliphatic heterocycles. The van der Waals surface area contributed by atoms with Gasteiger partial charge in [0, 0.05) is 0 Å². The van der Waals surface area contributed by atoms with E-state index in [0.717, 1.165) is 48.3 Å². The van der Waals surface area contributed by atoms with Crippen molar-refractivity contribution in [3.8, 4) is 0 Å². The standard InChI is InChI=1S/C30H50O2/c1-7-28(31)32-23-15-17-29(5)22(19-23)11-12-24-26-14-13-25(21(4)10-8-9-20(2)3)30(26,6)18-16-27(24)29/h7,11,20-21,23-28,31H,1,8-10,12-19H2,2-6H3/t21?,23?,24?,25?,26?,27?,28?,29-,30+/m0/s1. The van der Waals surface area contributed by atoms with Gasteiger partial charge in [-0.05, 0) is 104 Å². The van der Waals surface area contributed by atoms with Gasteiger partial charge in [-0.25, -0.2) is 0 Å². The van der Waals surface area contributed by atoms with Crippen LogP contribution in [0.5, 0.6) is 0 Å². The quantitative estimate of drug-likeness (QED) is 0.305. The maximum atomic E-state index is 9.88. The molecular weight excluding hydrogens is 392 g/mol. The molecule has 7 unspecified atom stereocenters. The molecule has 2 heteroatoms. The first-order chi connectivity index (χ1) is 15.2. The van der Waals surface area contributed by atoms with Gasteiger partial charge in [-0.2, -0.15) is 0 Å². The molecule has 0 aromatic heterocycles. The fourth-order valence-electron chi connectivity index (χ4n) is 9.02. The Morgan fingerprint density at radius 3 is 2.59 bits per heavy atom. The van der Waals surface area contributed by atoms with Gasteiger partial charge in [-0.15, -0.1) is 0 Å². The van der Waals surface area contributed by atoms with Gasteiger partial charge in [-0.3, -0.25) is 0 Å². The molecule has 182 valence electrons. The Hall–Kier alpha value is -0.600. The van der Waals surface area contributed by atoms with Crippen molar-refractivity contribution in [2.75, 3.05) is 0 Å². The molecule has 9 atom stereocenters. The third kappa shape index (κ3) is 4.40. The third-order valence-electron chi connectivity index (χ3n) is 10.8. The van der Waals surface area contributed by atoms with Crippen molar-refractivity contribution in [1.82, 2.24) is 0 Å². The van der Waals surface area contributed by atoms with Crippen LogP contribution >= 0.6 is 0 Å². The zero-order valence-corrected chi connectivity index (χ0v) is 21.6. The largest absolute Gasteiger partial charge is 0.365 e. The van der Waals surface area contributed by atoms with E-state index >= 15 is 0 Å². The minimum Gasteiger partial charge on any atom is -0.365 e. The summed E-state index contributed by atoms with van der Waals surface area (Å²) in [4.78, 5) is 0. The Kier molecular flexibility index (Phi) is 7.33. The average molecular weight is 443 g/mol. The summed E-state index contributed by atoms with van der Waals surface area (Å²) in [7, 11) is 0. The summed E-state index contributed by atoms with van der Waals surface area (Å²) < 4.78 is 5.84. The van der Waals surface area contributed by atoms with Crippen molar-refractivity contribution in [2.24, 2.45) is 46.3 Å². The number of aliphatic hydroxyl groups is 1. The van der Waals surface area contributed by atoms with E-state index in [9.17, 15) is 5.11 Å². The SMILES string of the molecule is C=CC(O)OC1CC[C@@]2(C)C(=CCC3C4CCC(C(C)CCCC(C)C)[C@@]4(C)CCC32)C1. The maximum Gasteiger partial charge on any atom is 0.174 e. The number of hydrogen-bond acceptors (Lipinski definition) is 2. The van der Waals surface area contributed by atoms with E-state index < -0.39 is 6.29 Å². The van der Waals surface area contributed by atoms with Crippen molar-refractivity contribution in [1.29, 1.82) is 0 Å². The molecule has 0 aromatic rings. The van der Waals surface area contributed by atoms with Crippen LogP contribution in [0.15, 0.2) is 24.3 Å². The lowest BCUT2D eigenvalue weighted by Crippen LogP contribution is -2.51. The Labute approximate surface area is 198 Å². The van der Waals surface area contributed by atoms with Crippen LogP contribution in [-0.2, 0) is 4.74 Å². The number of hydrogen-bond donors (Lipinski definition) is 1. The highest BCUT2D eigenvalue weighted by Crippen LogP contribution is 2.67. The van der Waals surface area contributed by atoms with Crippen molar-refractivity contribution >= 4 is 0 Å². The Morgan fingerprint density at radius 1 is 1.09 bits per heavy atom. The van der Waals surface area contributed by atoms with Crippen molar-refractivity contribution in [3.05, 3.63) is 24.3 Å². The number of aliphatic hydroxyl groups excluding tert-OH is 1. The summed E-state index contributed by atoms with van der Waals surface area (Å²) in [5, 5.41) is 9.88. The lowest BCUT2D eigenvalue weighted by molar-refractivity contribution is -0.124. The second-order valence-electron chi connectivity index (χ2n) is 12.9. The van der Waals surface area contributed by atoms with Crippen LogP contribution < -0.4 is 0 Å². The van der Waals surface area contributed by atoms with E-state index in [4.69, 9.17) is 4.74 Å². The van der Waals surface area contributed by atoms with E-state index in [1.165, 1.54) is 63.9 Å². The van der Waals surface area contributed by atoms with E-state index in [1.54, 1.807) is 5.57 Å². The Balaban J connectivity index is 1.45. The van der Waals surface area contributed by atoms with Gasteiger partial charge in [-0.1, -0.05) is 72.1 Å². The lowest BCUT2D eigenvalue weighted by Gasteiger charge is -2.58. The Morgan fingerprint density at radius 2 is 1.88 bits per heavy atom. The molecule has 2 nitrogen and oxygen atoms in total. The molecule has 0 heterocycles. The van der Waals surface area contributed by atoms with Crippen LogP contribution in [0.2, 0.25) is 0 Å². The second kappa shape index (κ2) is 9.57. The van der Waals surface area contributed by atoms with Crippen LogP contribution in [0.25, 0.3) is 0 Å². The predicted octanol–water partition coefficient (Wildman–Crippen LogP) is 7.92. The molecule has 0 aromatic carbocycles. The van der Waals surface area contributed by atoms with Gasteiger partial charge < -0.3 is 9.84 Å². The molecule has 1 N–H and O–H groups in total. The van der Waals surface area contributed by atoms with E-state index in [-0.39, 0.29) is 6.10 Å². The molecule has 0 spiro atoms. The highest BCUT2D eigenvalue weighted by atomic mass is 16.6. The summed E-state index contributed by atoms with van der Waals surface area (Å²) >= 11 is 0. The molecule has 3 fully saturated rings. The average Bonchev–Trinajstić information content (AvgIpc) is 3.11. The monoisotopic (exact) mass is 442 g/mol. The van der Waals surface area contributed by atoms with Crippen molar-refractivity contribution in [2.45, 2.75) is 118 Å². The molecule has 32 heavy (non-hydrogen) atoms. The normalized spacial score (nSPS) is 43.1. The van der Waals surface area contributed by atoms with Crippen LogP contribution in [0, 0.1) is 46.3 Å². The molecular formula is C30H50O2. The first-order valence-electron chi connectivity index (χ1n) is 13.8. The first-order valence-corrected chi connectivity index (χ1v) is 13.8. The topological polar surface area (TPSA) is 29.5 Å². The van der Waals surface area contributed by atoms with Crippen LogP contribution in [0.3, 0.4) is 0 Å². The summed E-state index contributed by atoms with van der Waals surface area (Å²) in [6.45, 7) is 16.2. The summed E-state index contributed by atoms with van der Waals surface area (Å²) in [5.41, 5.74) is 2.55. The molecule has 4 aliphatic carbocycles. The van der Waals surface area contributed by atoms with Crippen LogP contribution in [0.1, 0.15) is 105 Å². The number of fused-ring (bicyclic) bond motifs is 5. The molecule has 0 amide bonds. The highest BCUT2D eigenvalue weighted by Gasteiger charge is 2.59. The van der Waals surface area contributed by atoms with Gasteiger partial charge in [0.15, 0.2) is 6.29 Å². The first kappa shape index (κ1) is 24.5. The molecule has 4 aliphatic rings. The number of rotatable bonds is 8. The smallest absolute Gasteiger partial charge is 0.174 e. The van der Waals surface area contributed by atoms with Gasteiger partial charge in [0.05, 0.1) is 6.10 Å². The maximum absolute atomic E-state index is 9.88. The van der Waals surface area contributed by atoms with Crippen molar-refractivity contribution in [3.63, 3.8) is 0 Å². The summed E-state index contributed by atoms with van der Waals surface area (Å²) in [5.74, 6) is 5.31. The molecule has 4 rings (SSSR count). The number of allylic oxidation sites excluding steroid dienone is 1. The molecule has 3 saturated carbocycles. The third-order valence-corrected chi connectivity index (χ3v) is 10.8. The van der Waals surface area contributed by atoms with Gasteiger partial charge in [0.1, 0.15) is 0 Å². The lowest BCUT2D eigenvalue weighted by atomic mass is 9.47. The fourth-order valence-corrected chi connectivity index (χ4v) is 9.02. The van der Waals surface area contributed by atoms with Crippen LogP contribution in [-0.4, -0.2) is 17.5 Å². The molecule has 0 saturated heterocycles.